The lowest BCUT2D eigenvalue weighted by molar-refractivity contribution is -0.137. The van der Waals surface area contributed by atoms with Crippen LogP contribution in [0.5, 0.6) is 0 Å². The molecule has 1 rings (SSSR count). The van der Waals surface area contributed by atoms with Gasteiger partial charge in [-0.25, -0.2) is 0 Å². The van der Waals surface area contributed by atoms with E-state index < -0.39 is 17.8 Å². The van der Waals surface area contributed by atoms with Gasteiger partial charge in [-0.2, -0.15) is 18.4 Å². The zero-order valence-electron chi connectivity index (χ0n) is 8.67. The maximum atomic E-state index is 12.4. The van der Waals surface area contributed by atoms with E-state index >= 15 is 0 Å². The van der Waals surface area contributed by atoms with Crippen LogP contribution in [0.25, 0.3) is 0 Å². The van der Waals surface area contributed by atoms with Gasteiger partial charge in [0.15, 0.2) is 0 Å². The molecule has 0 heterocycles. The van der Waals surface area contributed by atoms with Gasteiger partial charge in [0, 0.05) is 5.30 Å². The van der Waals surface area contributed by atoms with Crippen molar-refractivity contribution in [1.82, 2.24) is 0 Å². The van der Waals surface area contributed by atoms with Crippen molar-refractivity contribution in [2.75, 3.05) is 13.3 Å². The highest BCUT2D eigenvalue weighted by atomic mass is 32.4. The molecule has 0 N–H and O–H groups in total. The number of hydrogen-bond acceptors (Lipinski definition) is 2. The molecule has 0 unspecified atom stereocenters. The second-order valence-electron chi connectivity index (χ2n) is 3.69. The first-order valence-corrected chi connectivity index (χ1v) is 8.03. The first-order chi connectivity index (χ1) is 7.16. The van der Waals surface area contributed by atoms with E-state index in [-0.39, 0.29) is 5.56 Å². The molecular formula is C10H9F3NPS. The quantitative estimate of drug-likeness (QED) is 0.727. The lowest BCUT2D eigenvalue weighted by atomic mass is 10.1. The van der Waals surface area contributed by atoms with Crippen molar-refractivity contribution >= 4 is 23.1 Å². The Labute approximate surface area is 96.9 Å². The summed E-state index contributed by atoms with van der Waals surface area (Å²) < 4.78 is 37.2. The van der Waals surface area contributed by atoms with Gasteiger partial charge >= 0.3 is 6.18 Å². The Kier molecular flexibility index (Phi) is 3.47. The molecule has 0 aromatic heterocycles. The molecule has 0 saturated heterocycles. The van der Waals surface area contributed by atoms with E-state index in [0.717, 1.165) is 12.1 Å². The van der Waals surface area contributed by atoms with E-state index in [1.54, 1.807) is 19.4 Å². The van der Waals surface area contributed by atoms with Gasteiger partial charge in [0.05, 0.1) is 17.2 Å². The molecule has 0 radical (unpaired) electrons. The van der Waals surface area contributed by atoms with Crippen LogP contribution in [0.3, 0.4) is 0 Å². The van der Waals surface area contributed by atoms with Crippen molar-refractivity contribution in [1.29, 1.82) is 5.26 Å². The topological polar surface area (TPSA) is 23.8 Å². The lowest BCUT2D eigenvalue weighted by Crippen LogP contribution is -2.12. The number of nitriles is 1. The molecule has 16 heavy (non-hydrogen) atoms. The molecule has 0 fully saturated rings. The Morgan fingerprint density at radius 1 is 1.31 bits per heavy atom. The molecule has 0 saturated carbocycles. The van der Waals surface area contributed by atoms with Gasteiger partial charge in [0.1, 0.15) is 0 Å². The van der Waals surface area contributed by atoms with Gasteiger partial charge in [-0.1, -0.05) is 17.9 Å². The van der Waals surface area contributed by atoms with Crippen LogP contribution in [0.2, 0.25) is 0 Å². The molecule has 0 spiro atoms. The molecule has 0 atom stereocenters. The third-order valence-electron chi connectivity index (χ3n) is 2.02. The second-order valence-corrected chi connectivity index (χ2v) is 9.61. The smallest absolute Gasteiger partial charge is 0.192 e. The van der Waals surface area contributed by atoms with Gasteiger partial charge in [-0.15, -0.1) is 0 Å². The van der Waals surface area contributed by atoms with Crippen LogP contribution < -0.4 is 5.30 Å². The minimum absolute atomic E-state index is 0.0307. The van der Waals surface area contributed by atoms with E-state index in [1.165, 1.54) is 6.07 Å². The van der Waals surface area contributed by atoms with Crippen molar-refractivity contribution in [2.45, 2.75) is 6.18 Å². The predicted octanol–water partition coefficient (Wildman–Crippen LogP) is 2.94. The Bertz CT molecular complexity index is 496. The summed E-state index contributed by atoms with van der Waals surface area (Å²) in [6.07, 6.45) is -4.42. The zero-order chi connectivity index (χ0) is 12.6. The van der Waals surface area contributed by atoms with Crippen LogP contribution in [0.4, 0.5) is 13.2 Å². The van der Waals surface area contributed by atoms with E-state index in [4.69, 9.17) is 17.1 Å². The molecule has 0 amide bonds. The SMILES string of the molecule is CP(C)(=S)c1ccc(C(F)(F)F)cc1C#N. The summed E-state index contributed by atoms with van der Waals surface area (Å²) in [6, 6.07) is 3.04. The van der Waals surface area contributed by atoms with E-state index in [0.29, 0.717) is 5.30 Å². The van der Waals surface area contributed by atoms with E-state index in [1.807, 2.05) is 0 Å². The number of rotatable bonds is 1. The molecule has 86 valence electrons. The summed E-state index contributed by atoms with van der Waals surface area (Å²) in [4.78, 5) is 0. The fourth-order valence-corrected chi connectivity index (χ4v) is 2.88. The first kappa shape index (κ1) is 13.2. The number of nitrogens with zero attached hydrogens (tertiary/aromatic N) is 1. The Morgan fingerprint density at radius 3 is 2.25 bits per heavy atom. The lowest BCUT2D eigenvalue weighted by Gasteiger charge is -2.14. The van der Waals surface area contributed by atoms with Crippen molar-refractivity contribution in [3.63, 3.8) is 0 Å². The molecular weight excluding hydrogens is 254 g/mol. The van der Waals surface area contributed by atoms with Crippen molar-refractivity contribution in [2.24, 2.45) is 0 Å². The first-order valence-electron chi connectivity index (χ1n) is 4.33. The average Bonchev–Trinajstić information content (AvgIpc) is 2.14. The number of hydrogen-bond donors (Lipinski definition) is 0. The molecule has 0 aliphatic heterocycles. The van der Waals surface area contributed by atoms with Gasteiger partial charge in [-0.05, 0) is 31.5 Å². The third-order valence-corrected chi connectivity index (χ3v) is 4.16. The monoisotopic (exact) mass is 263 g/mol. The van der Waals surface area contributed by atoms with Gasteiger partial charge in [-0.3, -0.25) is 0 Å². The van der Waals surface area contributed by atoms with Crippen LogP contribution in [0.1, 0.15) is 11.1 Å². The summed E-state index contributed by atoms with van der Waals surface area (Å²) in [5, 5.41) is 9.38. The van der Waals surface area contributed by atoms with Crippen LogP contribution in [-0.2, 0) is 18.0 Å². The highest BCUT2D eigenvalue weighted by molar-refractivity contribution is 8.17. The van der Waals surface area contributed by atoms with Crippen molar-refractivity contribution in [3.8, 4) is 6.07 Å². The Morgan fingerprint density at radius 2 is 1.88 bits per heavy atom. The maximum absolute atomic E-state index is 12.4. The van der Waals surface area contributed by atoms with Gasteiger partial charge < -0.3 is 0 Å². The Hall–Kier alpha value is -0.850. The van der Waals surface area contributed by atoms with Crippen molar-refractivity contribution in [3.05, 3.63) is 29.3 Å². The average molecular weight is 263 g/mol. The predicted molar refractivity (Wildman–Crippen MR) is 61.9 cm³/mol. The van der Waals surface area contributed by atoms with E-state index in [2.05, 4.69) is 0 Å². The Balaban J connectivity index is 3.42. The van der Waals surface area contributed by atoms with Crippen LogP contribution in [-0.4, -0.2) is 13.3 Å². The summed E-state index contributed by atoms with van der Waals surface area (Å²) in [5.74, 6) is 0. The number of halogens is 3. The van der Waals surface area contributed by atoms with Crippen LogP contribution in [0, 0.1) is 11.3 Å². The minimum Gasteiger partial charge on any atom is -0.192 e. The molecule has 0 aliphatic rings. The summed E-state index contributed by atoms with van der Waals surface area (Å²) in [5.41, 5.74) is -0.778. The molecule has 1 nitrogen and oxygen atoms in total. The highest BCUT2D eigenvalue weighted by Gasteiger charge is 2.31. The second kappa shape index (κ2) is 4.20. The fourth-order valence-electron chi connectivity index (χ4n) is 1.27. The number of alkyl halides is 3. The molecule has 6 heteroatoms. The van der Waals surface area contributed by atoms with Crippen molar-refractivity contribution < 1.29 is 13.2 Å². The summed E-state index contributed by atoms with van der Waals surface area (Å²) in [7, 11) is 0. The molecule has 1 aromatic carbocycles. The molecule has 0 bridgehead atoms. The molecule has 1 aromatic rings. The summed E-state index contributed by atoms with van der Waals surface area (Å²) >= 11 is 5.22. The third kappa shape index (κ3) is 2.84. The van der Waals surface area contributed by atoms with Gasteiger partial charge in [0.25, 0.3) is 0 Å². The normalized spacial score (nSPS) is 12.2. The summed E-state index contributed by atoms with van der Waals surface area (Å²) in [6.45, 7) is 3.57. The van der Waals surface area contributed by atoms with Crippen LogP contribution in [0.15, 0.2) is 18.2 Å². The van der Waals surface area contributed by atoms with Gasteiger partial charge in [0.2, 0.25) is 0 Å². The largest absolute Gasteiger partial charge is 0.416 e. The fraction of sp³-hybridized carbons (Fsp3) is 0.300. The maximum Gasteiger partial charge on any atom is 0.416 e. The highest BCUT2D eigenvalue weighted by Crippen LogP contribution is 2.38. The number of benzene rings is 1. The minimum atomic E-state index is -4.42. The zero-order valence-corrected chi connectivity index (χ0v) is 10.4. The standard InChI is InChI=1S/C10H9F3NPS/c1-15(2,16)9-4-3-8(10(11,12)13)5-7(9)6-14/h3-5H,1-2H3. The molecule has 0 aliphatic carbocycles. The van der Waals surface area contributed by atoms with E-state index in [9.17, 15) is 13.2 Å². The van der Waals surface area contributed by atoms with Crippen LogP contribution >= 0.6 is 6.04 Å².